The smallest absolute Gasteiger partial charge is 0.119 e. The first-order chi connectivity index (χ1) is 5.68. The Kier molecular flexibility index (Phi) is 1.48. The molecule has 0 aliphatic carbocycles. The highest BCUT2D eigenvalue weighted by Crippen LogP contribution is 2.32. The number of aromatic hydroxyl groups is 1. The van der Waals surface area contributed by atoms with Crippen LogP contribution in [0.4, 0.5) is 5.69 Å². The van der Waals surface area contributed by atoms with Crippen LogP contribution >= 0.6 is 11.3 Å². The van der Waals surface area contributed by atoms with E-state index in [-0.39, 0.29) is 0 Å². The molecule has 1 heterocycles. The number of hydrogen-bond acceptors (Lipinski definition) is 3. The normalized spacial score (nSPS) is 10.8. The molecule has 2 aromatic rings. The van der Waals surface area contributed by atoms with Gasteiger partial charge in [-0.2, -0.15) is 0 Å². The molecule has 0 aliphatic heterocycles. The van der Waals surface area contributed by atoms with Crippen molar-refractivity contribution in [2.75, 3.05) is 5.73 Å². The predicted molar refractivity (Wildman–Crippen MR) is 52.6 cm³/mol. The van der Waals surface area contributed by atoms with Crippen LogP contribution in [0, 0.1) is 6.92 Å². The number of benzene rings is 1. The molecule has 0 saturated carbocycles. The van der Waals surface area contributed by atoms with Crippen molar-refractivity contribution < 1.29 is 5.11 Å². The van der Waals surface area contributed by atoms with E-state index in [4.69, 9.17) is 5.73 Å². The molecule has 0 spiro atoms. The monoisotopic (exact) mass is 179 g/mol. The minimum Gasteiger partial charge on any atom is -0.508 e. The predicted octanol–water partition coefficient (Wildman–Crippen LogP) is 2.50. The zero-order chi connectivity index (χ0) is 8.72. The van der Waals surface area contributed by atoms with Crippen LogP contribution in [-0.4, -0.2) is 5.11 Å². The summed E-state index contributed by atoms with van der Waals surface area (Å²) in [6.07, 6.45) is 0. The van der Waals surface area contributed by atoms with Gasteiger partial charge in [-0.25, -0.2) is 0 Å². The molecule has 62 valence electrons. The molecule has 1 aromatic carbocycles. The van der Waals surface area contributed by atoms with Gasteiger partial charge in [-0.15, -0.1) is 11.3 Å². The summed E-state index contributed by atoms with van der Waals surface area (Å²) in [5.41, 5.74) is 7.33. The second-order valence-electron chi connectivity index (χ2n) is 2.83. The van der Waals surface area contributed by atoms with E-state index in [0.29, 0.717) is 5.75 Å². The average Bonchev–Trinajstić information content (AvgIpc) is 2.35. The first-order valence-electron chi connectivity index (χ1n) is 3.65. The highest BCUT2D eigenvalue weighted by atomic mass is 32.1. The molecule has 0 amide bonds. The zero-order valence-electron chi connectivity index (χ0n) is 6.66. The summed E-state index contributed by atoms with van der Waals surface area (Å²) in [6.45, 7) is 1.88. The molecule has 2 rings (SSSR count). The lowest BCUT2D eigenvalue weighted by atomic mass is 10.1. The van der Waals surface area contributed by atoms with E-state index in [1.807, 2.05) is 18.4 Å². The fraction of sp³-hybridized carbons (Fsp3) is 0.111. The summed E-state index contributed by atoms with van der Waals surface area (Å²) in [5.74, 6) is 0.313. The van der Waals surface area contributed by atoms with Crippen molar-refractivity contribution >= 4 is 27.1 Å². The molecule has 0 unspecified atom stereocenters. The lowest BCUT2D eigenvalue weighted by Crippen LogP contribution is -1.80. The Balaban J connectivity index is 2.87. The Morgan fingerprint density at radius 2 is 2.17 bits per heavy atom. The molecule has 0 saturated heterocycles. The standard InChI is InChI=1S/C9H9NOS/c1-5-2-9-6(3-8(5)11)7(10)4-12-9/h2-4,11H,10H2,1H3. The van der Waals surface area contributed by atoms with E-state index in [9.17, 15) is 5.11 Å². The highest BCUT2D eigenvalue weighted by molar-refractivity contribution is 7.17. The van der Waals surface area contributed by atoms with Crippen LogP contribution in [-0.2, 0) is 0 Å². The third-order valence-electron chi connectivity index (χ3n) is 1.92. The summed E-state index contributed by atoms with van der Waals surface area (Å²) in [7, 11) is 0. The number of nitrogens with two attached hydrogens (primary N) is 1. The van der Waals surface area contributed by atoms with Gasteiger partial charge in [-0.1, -0.05) is 0 Å². The summed E-state index contributed by atoms with van der Waals surface area (Å²) >= 11 is 1.60. The number of rotatable bonds is 0. The SMILES string of the molecule is Cc1cc2scc(N)c2cc1O. The zero-order valence-corrected chi connectivity index (χ0v) is 7.48. The van der Waals surface area contributed by atoms with Gasteiger partial charge in [0.05, 0.1) is 5.69 Å². The van der Waals surface area contributed by atoms with Crippen molar-refractivity contribution in [2.45, 2.75) is 6.92 Å². The van der Waals surface area contributed by atoms with Gasteiger partial charge < -0.3 is 10.8 Å². The van der Waals surface area contributed by atoms with Crippen LogP contribution in [0.1, 0.15) is 5.56 Å². The van der Waals surface area contributed by atoms with Gasteiger partial charge in [0, 0.05) is 15.5 Å². The number of phenolic OH excluding ortho intramolecular Hbond substituents is 1. The molecule has 0 radical (unpaired) electrons. The maximum absolute atomic E-state index is 9.41. The number of fused-ring (bicyclic) bond motifs is 1. The average molecular weight is 179 g/mol. The molecule has 3 heteroatoms. The fourth-order valence-corrected chi connectivity index (χ4v) is 2.11. The van der Waals surface area contributed by atoms with Crippen molar-refractivity contribution in [3.8, 4) is 5.75 Å². The number of anilines is 1. The fourth-order valence-electron chi connectivity index (χ4n) is 1.18. The maximum atomic E-state index is 9.41. The van der Waals surface area contributed by atoms with Gasteiger partial charge in [-0.05, 0) is 24.6 Å². The van der Waals surface area contributed by atoms with E-state index in [2.05, 4.69) is 0 Å². The van der Waals surface area contributed by atoms with E-state index in [1.54, 1.807) is 17.4 Å². The Morgan fingerprint density at radius 1 is 1.42 bits per heavy atom. The summed E-state index contributed by atoms with van der Waals surface area (Å²) in [4.78, 5) is 0. The minimum atomic E-state index is 0.313. The first kappa shape index (κ1) is 7.43. The van der Waals surface area contributed by atoms with Crippen molar-refractivity contribution in [3.63, 3.8) is 0 Å². The van der Waals surface area contributed by atoms with Gasteiger partial charge >= 0.3 is 0 Å². The molecule has 3 N–H and O–H groups in total. The summed E-state index contributed by atoms with van der Waals surface area (Å²) < 4.78 is 1.13. The van der Waals surface area contributed by atoms with E-state index in [1.165, 1.54) is 0 Å². The van der Waals surface area contributed by atoms with Crippen LogP contribution in [0.5, 0.6) is 5.75 Å². The number of phenols is 1. The van der Waals surface area contributed by atoms with E-state index in [0.717, 1.165) is 21.3 Å². The molecule has 2 nitrogen and oxygen atoms in total. The third-order valence-corrected chi connectivity index (χ3v) is 2.89. The van der Waals surface area contributed by atoms with Gasteiger partial charge in [-0.3, -0.25) is 0 Å². The van der Waals surface area contributed by atoms with Crippen LogP contribution in [0.15, 0.2) is 17.5 Å². The Bertz CT molecular complexity index is 433. The molecule has 0 fully saturated rings. The number of aryl methyl sites for hydroxylation is 1. The molecule has 0 atom stereocenters. The van der Waals surface area contributed by atoms with Crippen LogP contribution in [0.3, 0.4) is 0 Å². The molecule has 0 bridgehead atoms. The number of hydrogen-bond donors (Lipinski definition) is 2. The minimum absolute atomic E-state index is 0.313. The van der Waals surface area contributed by atoms with Gasteiger partial charge in [0.15, 0.2) is 0 Å². The van der Waals surface area contributed by atoms with Gasteiger partial charge in [0.1, 0.15) is 5.75 Å². The molecule has 1 aromatic heterocycles. The molecule has 12 heavy (non-hydrogen) atoms. The number of nitrogen functional groups attached to an aromatic ring is 1. The van der Waals surface area contributed by atoms with Crippen molar-refractivity contribution in [1.29, 1.82) is 0 Å². The largest absolute Gasteiger partial charge is 0.508 e. The van der Waals surface area contributed by atoms with Crippen LogP contribution in [0.25, 0.3) is 10.1 Å². The topological polar surface area (TPSA) is 46.2 Å². The quantitative estimate of drug-likeness (QED) is 0.652. The second kappa shape index (κ2) is 2.38. The second-order valence-corrected chi connectivity index (χ2v) is 3.74. The molecular weight excluding hydrogens is 170 g/mol. The Hall–Kier alpha value is -1.22. The summed E-state index contributed by atoms with van der Waals surface area (Å²) in [5, 5.41) is 12.2. The van der Waals surface area contributed by atoms with Crippen molar-refractivity contribution in [1.82, 2.24) is 0 Å². The highest BCUT2D eigenvalue weighted by Gasteiger charge is 2.03. The lowest BCUT2D eigenvalue weighted by molar-refractivity contribution is 0.472. The van der Waals surface area contributed by atoms with Gasteiger partial charge in [0.25, 0.3) is 0 Å². The molecule has 0 aliphatic rings. The first-order valence-corrected chi connectivity index (χ1v) is 4.53. The van der Waals surface area contributed by atoms with E-state index >= 15 is 0 Å². The van der Waals surface area contributed by atoms with Crippen molar-refractivity contribution in [3.05, 3.63) is 23.1 Å². The summed E-state index contributed by atoms with van der Waals surface area (Å²) in [6, 6.07) is 3.67. The Labute approximate surface area is 74.3 Å². The lowest BCUT2D eigenvalue weighted by Gasteiger charge is -1.98. The number of thiophene rings is 1. The van der Waals surface area contributed by atoms with E-state index < -0.39 is 0 Å². The third kappa shape index (κ3) is 0.940. The van der Waals surface area contributed by atoms with Crippen molar-refractivity contribution in [2.24, 2.45) is 0 Å². The molecular formula is C9H9NOS. The van der Waals surface area contributed by atoms with Gasteiger partial charge in [0.2, 0.25) is 0 Å². The van der Waals surface area contributed by atoms with Crippen LogP contribution < -0.4 is 5.73 Å². The van der Waals surface area contributed by atoms with Crippen LogP contribution in [0.2, 0.25) is 0 Å². The maximum Gasteiger partial charge on any atom is 0.119 e. The Morgan fingerprint density at radius 3 is 2.92 bits per heavy atom.